The van der Waals surface area contributed by atoms with Crippen molar-refractivity contribution in [1.82, 2.24) is 10.1 Å². The monoisotopic (exact) mass is 210 g/mol. The first-order valence-corrected chi connectivity index (χ1v) is 5.02. The molecule has 2 rings (SSSR count). The summed E-state index contributed by atoms with van der Waals surface area (Å²) in [5.74, 6) is -0.134. The third-order valence-electron chi connectivity index (χ3n) is 2.68. The Kier molecular flexibility index (Phi) is 2.73. The average molecular weight is 210 g/mol. The number of hydrogen-bond acceptors (Lipinski definition) is 4. The Morgan fingerprint density at radius 2 is 2.60 bits per heavy atom. The normalized spacial score (nSPS) is 22.1. The lowest BCUT2D eigenvalue weighted by Gasteiger charge is -2.12. The maximum atomic E-state index is 10.7. The van der Waals surface area contributed by atoms with Gasteiger partial charge in [-0.15, -0.1) is 0 Å². The van der Waals surface area contributed by atoms with Crippen LogP contribution in [0.5, 0.6) is 0 Å². The number of nitrogens with zero attached hydrogens (tertiary/aromatic N) is 2. The van der Waals surface area contributed by atoms with Crippen molar-refractivity contribution in [2.75, 3.05) is 13.1 Å². The minimum Gasteiger partial charge on any atom is -0.481 e. The molecule has 1 aromatic rings. The van der Waals surface area contributed by atoms with Gasteiger partial charge in [0.15, 0.2) is 0 Å². The molecule has 0 radical (unpaired) electrons. The molecule has 0 aliphatic carbocycles. The standard InChI is InChI=1S/C10H14N2O3/c1-7-4-9(11-15-7)6-12-3-2-8(5-12)10(13)14/h4,8H,2-3,5-6H2,1H3,(H,13,14). The van der Waals surface area contributed by atoms with Crippen molar-refractivity contribution in [3.63, 3.8) is 0 Å². The zero-order chi connectivity index (χ0) is 10.8. The third kappa shape index (κ3) is 2.36. The maximum Gasteiger partial charge on any atom is 0.307 e. The number of aryl methyl sites for hydroxylation is 1. The highest BCUT2D eigenvalue weighted by Gasteiger charge is 2.28. The summed E-state index contributed by atoms with van der Waals surface area (Å²) in [6, 6.07) is 1.88. The Hall–Kier alpha value is -1.36. The van der Waals surface area contributed by atoms with Gasteiger partial charge in [-0.25, -0.2) is 0 Å². The van der Waals surface area contributed by atoms with E-state index in [-0.39, 0.29) is 5.92 Å². The van der Waals surface area contributed by atoms with Gasteiger partial charge in [0, 0.05) is 19.2 Å². The van der Waals surface area contributed by atoms with Crippen LogP contribution in [-0.4, -0.2) is 34.2 Å². The topological polar surface area (TPSA) is 66.6 Å². The number of aliphatic carboxylic acids is 1. The molecule has 1 aliphatic heterocycles. The average Bonchev–Trinajstić information content (AvgIpc) is 2.76. The van der Waals surface area contributed by atoms with Crippen LogP contribution in [0.1, 0.15) is 17.9 Å². The zero-order valence-electron chi connectivity index (χ0n) is 8.64. The molecule has 2 heterocycles. The molecule has 1 fully saturated rings. The summed E-state index contributed by atoms with van der Waals surface area (Å²) in [4.78, 5) is 12.8. The van der Waals surface area contributed by atoms with Crippen molar-refractivity contribution >= 4 is 5.97 Å². The van der Waals surface area contributed by atoms with E-state index >= 15 is 0 Å². The van der Waals surface area contributed by atoms with Crippen molar-refractivity contribution in [2.45, 2.75) is 19.9 Å². The van der Waals surface area contributed by atoms with Crippen LogP contribution >= 0.6 is 0 Å². The highest BCUT2D eigenvalue weighted by Crippen LogP contribution is 2.18. The number of aromatic nitrogens is 1. The Labute approximate surface area is 87.7 Å². The molecule has 82 valence electrons. The highest BCUT2D eigenvalue weighted by atomic mass is 16.5. The molecule has 0 spiro atoms. The molecule has 1 aromatic heterocycles. The van der Waals surface area contributed by atoms with Crippen molar-refractivity contribution in [2.24, 2.45) is 5.92 Å². The minimum atomic E-state index is -0.700. The lowest BCUT2D eigenvalue weighted by Crippen LogP contribution is -2.22. The van der Waals surface area contributed by atoms with Gasteiger partial charge in [0.05, 0.1) is 11.6 Å². The predicted molar refractivity (Wildman–Crippen MR) is 52.3 cm³/mol. The van der Waals surface area contributed by atoms with Crippen LogP contribution in [0.4, 0.5) is 0 Å². The van der Waals surface area contributed by atoms with Gasteiger partial charge in [-0.1, -0.05) is 5.16 Å². The van der Waals surface area contributed by atoms with Crippen LogP contribution in [-0.2, 0) is 11.3 Å². The Morgan fingerprint density at radius 3 is 3.13 bits per heavy atom. The zero-order valence-corrected chi connectivity index (χ0v) is 8.64. The number of rotatable bonds is 3. The molecule has 15 heavy (non-hydrogen) atoms. The first-order valence-electron chi connectivity index (χ1n) is 5.02. The van der Waals surface area contributed by atoms with E-state index in [2.05, 4.69) is 10.1 Å². The summed E-state index contributed by atoms with van der Waals surface area (Å²) in [5, 5.41) is 12.7. The molecular weight excluding hydrogens is 196 g/mol. The molecule has 5 nitrogen and oxygen atoms in total. The van der Waals surface area contributed by atoms with E-state index < -0.39 is 5.97 Å². The lowest BCUT2D eigenvalue weighted by molar-refractivity contribution is -0.141. The fourth-order valence-electron chi connectivity index (χ4n) is 1.90. The SMILES string of the molecule is Cc1cc(CN2CCC(C(=O)O)C2)no1. The quantitative estimate of drug-likeness (QED) is 0.802. The fraction of sp³-hybridized carbons (Fsp3) is 0.600. The molecule has 1 aliphatic rings. The van der Waals surface area contributed by atoms with E-state index in [1.54, 1.807) is 0 Å². The number of hydrogen-bond donors (Lipinski definition) is 1. The van der Waals surface area contributed by atoms with Crippen LogP contribution in [0.15, 0.2) is 10.6 Å². The van der Waals surface area contributed by atoms with Gasteiger partial charge in [0.25, 0.3) is 0 Å². The first kappa shape index (κ1) is 10.2. The van der Waals surface area contributed by atoms with Gasteiger partial charge in [0.2, 0.25) is 0 Å². The van der Waals surface area contributed by atoms with Gasteiger partial charge < -0.3 is 9.63 Å². The summed E-state index contributed by atoms with van der Waals surface area (Å²) in [5.41, 5.74) is 0.874. The Bertz CT molecular complexity index is 361. The van der Waals surface area contributed by atoms with E-state index in [0.717, 1.165) is 24.4 Å². The molecule has 1 N–H and O–H groups in total. The van der Waals surface area contributed by atoms with Gasteiger partial charge in [-0.05, 0) is 19.9 Å². The fourth-order valence-corrected chi connectivity index (χ4v) is 1.90. The number of carboxylic acid groups (broad SMARTS) is 1. The molecular formula is C10H14N2O3. The van der Waals surface area contributed by atoms with Gasteiger partial charge in [0.1, 0.15) is 5.76 Å². The molecule has 0 saturated carbocycles. The summed E-state index contributed by atoms with van der Waals surface area (Å²) in [6.07, 6.45) is 0.728. The molecule has 0 bridgehead atoms. The van der Waals surface area contributed by atoms with Gasteiger partial charge >= 0.3 is 5.97 Å². The van der Waals surface area contributed by atoms with Crippen LogP contribution < -0.4 is 0 Å². The van der Waals surface area contributed by atoms with Crippen LogP contribution in [0.25, 0.3) is 0 Å². The largest absolute Gasteiger partial charge is 0.481 e. The van der Waals surface area contributed by atoms with Crippen molar-refractivity contribution < 1.29 is 14.4 Å². The maximum absolute atomic E-state index is 10.7. The van der Waals surface area contributed by atoms with E-state index in [4.69, 9.17) is 9.63 Å². The lowest BCUT2D eigenvalue weighted by atomic mass is 10.1. The van der Waals surface area contributed by atoms with Crippen molar-refractivity contribution in [3.8, 4) is 0 Å². The molecule has 0 aromatic carbocycles. The van der Waals surface area contributed by atoms with Crippen LogP contribution in [0.3, 0.4) is 0 Å². The second-order valence-corrected chi connectivity index (χ2v) is 3.99. The number of carboxylic acids is 1. The van der Waals surface area contributed by atoms with E-state index in [1.807, 2.05) is 13.0 Å². The molecule has 5 heteroatoms. The van der Waals surface area contributed by atoms with Crippen molar-refractivity contribution in [3.05, 3.63) is 17.5 Å². The molecule has 1 unspecified atom stereocenters. The molecule has 0 amide bonds. The summed E-state index contributed by atoms with van der Waals surface area (Å²) >= 11 is 0. The van der Waals surface area contributed by atoms with E-state index in [9.17, 15) is 4.79 Å². The Balaban J connectivity index is 1.90. The number of likely N-dealkylation sites (tertiary alicyclic amines) is 1. The summed E-state index contributed by atoms with van der Waals surface area (Å²) < 4.78 is 4.96. The van der Waals surface area contributed by atoms with Crippen molar-refractivity contribution in [1.29, 1.82) is 0 Å². The second kappa shape index (κ2) is 4.02. The second-order valence-electron chi connectivity index (χ2n) is 3.99. The molecule has 1 saturated heterocycles. The minimum absolute atomic E-state index is 0.224. The van der Waals surface area contributed by atoms with E-state index in [0.29, 0.717) is 13.1 Å². The summed E-state index contributed by atoms with van der Waals surface area (Å²) in [7, 11) is 0. The van der Waals surface area contributed by atoms with Crippen LogP contribution in [0, 0.1) is 12.8 Å². The third-order valence-corrected chi connectivity index (χ3v) is 2.68. The van der Waals surface area contributed by atoms with E-state index in [1.165, 1.54) is 0 Å². The number of carbonyl (C=O) groups is 1. The highest BCUT2D eigenvalue weighted by molar-refractivity contribution is 5.70. The summed E-state index contributed by atoms with van der Waals surface area (Å²) in [6.45, 7) is 3.96. The predicted octanol–water partition coefficient (Wildman–Crippen LogP) is 0.890. The Morgan fingerprint density at radius 1 is 1.80 bits per heavy atom. The van der Waals surface area contributed by atoms with Gasteiger partial charge in [-0.3, -0.25) is 9.69 Å². The smallest absolute Gasteiger partial charge is 0.307 e. The molecule has 1 atom stereocenters. The van der Waals surface area contributed by atoms with Gasteiger partial charge in [-0.2, -0.15) is 0 Å². The van der Waals surface area contributed by atoms with Crippen LogP contribution in [0.2, 0.25) is 0 Å². The first-order chi connectivity index (χ1) is 7.15.